The number of hydrogen-bond donors (Lipinski definition) is 1. The summed E-state index contributed by atoms with van der Waals surface area (Å²) in [5, 5.41) is 2.87. The van der Waals surface area contributed by atoms with Crippen LogP contribution in [0.3, 0.4) is 0 Å². The minimum absolute atomic E-state index is 0.00902. The van der Waals surface area contributed by atoms with Crippen molar-refractivity contribution in [2.45, 2.75) is 52.5 Å². The first-order valence-electron chi connectivity index (χ1n) is 6.89. The van der Waals surface area contributed by atoms with Crippen molar-refractivity contribution in [2.24, 2.45) is 11.3 Å². The zero-order valence-corrected chi connectivity index (χ0v) is 11.9. The largest absolute Gasteiger partial charge is 0.342 e. The average molecular weight is 252 g/mol. The van der Waals surface area contributed by atoms with Crippen LogP contribution >= 0.6 is 0 Å². The van der Waals surface area contributed by atoms with E-state index in [0.29, 0.717) is 30.7 Å². The van der Waals surface area contributed by atoms with Gasteiger partial charge in [-0.25, -0.2) is 0 Å². The molecule has 4 heteroatoms. The first-order valence-corrected chi connectivity index (χ1v) is 6.89. The maximum absolute atomic E-state index is 12.5. The van der Waals surface area contributed by atoms with Gasteiger partial charge in [-0.05, 0) is 31.1 Å². The molecule has 2 atom stereocenters. The number of rotatable bonds is 3. The number of carbonyl (C=O) groups excluding carboxylic acids is 2. The zero-order valence-electron chi connectivity index (χ0n) is 11.9. The van der Waals surface area contributed by atoms with E-state index in [9.17, 15) is 9.59 Å². The van der Waals surface area contributed by atoms with E-state index in [-0.39, 0.29) is 11.8 Å². The molecule has 18 heavy (non-hydrogen) atoms. The van der Waals surface area contributed by atoms with Gasteiger partial charge in [0.25, 0.3) is 0 Å². The lowest BCUT2D eigenvalue weighted by atomic mass is 9.97. The molecule has 0 aromatic rings. The van der Waals surface area contributed by atoms with Gasteiger partial charge in [0.1, 0.15) is 5.54 Å². The molecule has 0 bridgehead atoms. The van der Waals surface area contributed by atoms with Crippen molar-refractivity contribution in [1.82, 2.24) is 10.2 Å². The summed E-state index contributed by atoms with van der Waals surface area (Å²) in [5.74, 6) is 0.666. The lowest BCUT2D eigenvalue weighted by Gasteiger charge is -2.31. The van der Waals surface area contributed by atoms with Crippen LogP contribution in [0.2, 0.25) is 0 Å². The number of nitrogens with one attached hydrogen (secondary N) is 1. The third kappa shape index (κ3) is 2.38. The molecule has 1 N–H and O–H groups in total. The van der Waals surface area contributed by atoms with E-state index in [1.165, 1.54) is 6.42 Å². The SMILES string of the molecule is CCC1(C)NC(=O)CCN(CC2CC2(C)C)C1=O. The first-order chi connectivity index (χ1) is 8.28. The number of carbonyl (C=O) groups is 2. The molecule has 0 aromatic carbocycles. The monoisotopic (exact) mass is 252 g/mol. The summed E-state index contributed by atoms with van der Waals surface area (Å²) in [6, 6.07) is 0. The smallest absolute Gasteiger partial charge is 0.248 e. The fourth-order valence-corrected chi connectivity index (χ4v) is 2.68. The topological polar surface area (TPSA) is 49.4 Å². The van der Waals surface area contributed by atoms with E-state index < -0.39 is 5.54 Å². The van der Waals surface area contributed by atoms with Crippen molar-refractivity contribution in [2.75, 3.05) is 13.1 Å². The van der Waals surface area contributed by atoms with Gasteiger partial charge in [-0.15, -0.1) is 0 Å². The van der Waals surface area contributed by atoms with Crippen LogP contribution in [0.1, 0.15) is 47.0 Å². The highest BCUT2D eigenvalue weighted by atomic mass is 16.2. The van der Waals surface area contributed by atoms with E-state index in [0.717, 1.165) is 6.54 Å². The van der Waals surface area contributed by atoms with Gasteiger partial charge in [0, 0.05) is 19.5 Å². The molecule has 2 fully saturated rings. The maximum atomic E-state index is 12.5. The maximum Gasteiger partial charge on any atom is 0.248 e. The molecule has 1 saturated carbocycles. The highest BCUT2D eigenvalue weighted by molar-refractivity contribution is 5.93. The van der Waals surface area contributed by atoms with Crippen molar-refractivity contribution in [3.05, 3.63) is 0 Å². The number of nitrogens with zero attached hydrogens (tertiary/aromatic N) is 1. The molecule has 0 radical (unpaired) electrons. The normalized spacial score (nSPS) is 35.1. The van der Waals surface area contributed by atoms with Crippen molar-refractivity contribution < 1.29 is 9.59 Å². The van der Waals surface area contributed by atoms with E-state index in [1.807, 2.05) is 18.7 Å². The summed E-state index contributed by atoms with van der Waals surface area (Å²) in [7, 11) is 0. The van der Waals surface area contributed by atoms with Crippen LogP contribution in [-0.2, 0) is 9.59 Å². The second kappa shape index (κ2) is 4.25. The van der Waals surface area contributed by atoms with Gasteiger partial charge in [0.05, 0.1) is 0 Å². The molecule has 1 aliphatic carbocycles. The Labute approximate surface area is 109 Å². The number of hydrogen-bond acceptors (Lipinski definition) is 2. The Morgan fingerprint density at radius 3 is 2.44 bits per heavy atom. The quantitative estimate of drug-likeness (QED) is 0.828. The van der Waals surface area contributed by atoms with Gasteiger partial charge in [0.15, 0.2) is 0 Å². The van der Waals surface area contributed by atoms with Crippen LogP contribution in [0.4, 0.5) is 0 Å². The summed E-state index contributed by atoms with van der Waals surface area (Å²) in [5.41, 5.74) is -0.348. The van der Waals surface area contributed by atoms with E-state index >= 15 is 0 Å². The molecule has 2 aliphatic rings. The highest BCUT2D eigenvalue weighted by Crippen LogP contribution is 2.52. The lowest BCUT2D eigenvalue weighted by molar-refractivity contribution is -0.138. The van der Waals surface area contributed by atoms with Crippen LogP contribution in [0.5, 0.6) is 0 Å². The van der Waals surface area contributed by atoms with Crippen molar-refractivity contribution in [3.63, 3.8) is 0 Å². The Kier molecular flexibility index (Phi) is 3.16. The molecule has 0 spiro atoms. The Balaban J connectivity index is 2.10. The third-order valence-electron chi connectivity index (χ3n) is 4.65. The van der Waals surface area contributed by atoms with Crippen LogP contribution in [0, 0.1) is 11.3 Å². The summed E-state index contributed by atoms with van der Waals surface area (Å²) in [4.78, 5) is 26.1. The molecule has 2 rings (SSSR count). The van der Waals surface area contributed by atoms with Crippen molar-refractivity contribution in [1.29, 1.82) is 0 Å². The van der Waals surface area contributed by atoms with Crippen LogP contribution in [0.15, 0.2) is 0 Å². The molecular formula is C14H24N2O2. The Bertz CT molecular complexity index is 378. The summed E-state index contributed by atoms with van der Waals surface area (Å²) in [6.07, 6.45) is 2.25. The Morgan fingerprint density at radius 2 is 1.94 bits per heavy atom. The molecule has 102 valence electrons. The summed E-state index contributed by atoms with van der Waals surface area (Å²) < 4.78 is 0. The molecule has 2 unspecified atom stereocenters. The predicted octanol–water partition coefficient (Wildman–Crippen LogP) is 1.55. The van der Waals surface area contributed by atoms with Crippen molar-refractivity contribution in [3.8, 4) is 0 Å². The van der Waals surface area contributed by atoms with Gasteiger partial charge in [-0.2, -0.15) is 0 Å². The molecule has 1 aliphatic heterocycles. The van der Waals surface area contributed by atoms with Crippen LogP contribution in [-0.4, -0.2) is 35.3 Å². The minimum atomic E-state index is -0.716. The summed E-state index contributed by atoms with van der Waals surface area (Å²) >= 11 is 0. The predicted molar refractivity (Wildman–Crippen MR) is 69.9 cm³/mol. The second-order valence-electron chi connectivity index (χ2n) is 6.62. The molecule has 0 aromatic heterocycles. The van der Waals surface area contributed by atoms with Gasteiger partial charge in [0.2, 0.25) is 11.8 Å². The van der Waals surface area contributed by atoms with E-state index in [4.69, 9.17) is 0 Å². The standard InChI is InChI=1S/C14H24N2O2/c1-5-14(4)12(18)16(7-6-11(17)15-14)9-10-8-13(10,2)3/h10H,5-9H2,1-4H3,(H,15,17). The van der Waals surface area contributed by atoms with Gasteiger partial charge in [-0.1, -0.05) is 20.8 Å². The highest BCUT2D eigenvalue weighted by Gasteiger charge is 2.48. The molecular weight excluding hydrogens is 228 g/mol. The van der Waals surface area contributed by atoms with Crippen LogP contribution < -0.4 is 5.32 Å². The molecule has 1 heterocycles. The zero-order chi connectivity index (χ0) is 13.6. The van der Waals surface area contributed by atoms with E-state index in [2.05, 4.69) is 19.2 Å². The van der Waals surface area contributed by atoms with E-state index in [1.54, 1.807) is 0 Å². The molecule has 1 saturated heterocycles. The van der Waals surface area contributed by atoms with Crippen LogP contribution in [0.25, 0.3) is 0 Å². The Hall–Kier alpha value is -1.06. The van der Waals surface area contributed by atoms with Gasteiger partial charge in [-0.3, -0.25) is 9.59 Å². The second-order valence-corrected chi connectivity index (χ2v) is 6.62. The average Bonchev–Trinajstić information content (AvgIpc) is 2.91. The first kappa shape index (κ1) is 13.4. The fraction of sp³-hybridized carbons (Fsp3) is 0.857. The molecule has 2 amide bonds. The van der Waals surface area contributed by atoms with Gasteiger partial charge >= 0.3 is 0 Å². The third-order valence-corrected chi connectivity index (χ3v) is 4.65. The Morgan fingerprint density at radius 1 is 1.33 bits per heavy atom. The number of amides is 2. The summed E-state index contributed by atoms with van der Waals surface area (Å²) in [6.45, 7) is 9.63. The minimum Gasteiger partial charge on any atom is -0.342 e. The lowest BCUT2D eigenvalue weighted by Crippen LogP contribution is -2.55. The fourth-order valence-electron chi connectivity index (χ4n) is 2.68. The van der Waals surface area contributed by atoms with Gasteiger partial charge < -0.3 is 10.2 Å². The van der Waals surface area contributed by atoms with Crippen molar-refractivity contribution >= 4 is 11.8 Å². The molecule has 4 nitrogen and oxygen atoms in total.